The highest BCUT2D eigenvalue weighted by Crippen LogP contribution is 2.46. The number of carboxylic acid groups (broad SMARTS) is 1. The molecule has 1 aliphatic rings. The minimum Gasteiger partial charge on any atom is -0.478 e. The number of furan rings is 1. The van der Waals surface area contributed by atoms with E-state index in [0.29, 0.717) is 65.7 Å². The number of fused-ring (bicyclic) bond motifs is 1. The lowest BCUT2D eigenvalue weighted by Crippen LogP contribution is -2.18. The lowest BCUT2D eigenvalue weighted by molar-refractivity contribution is 0.0441. The Labute approximate surface area is 240 Å². The maximum Gasteiger partial charge on any atom is 0.338 e. The Bertz CT molecular complexity index is 1610. The molecule has 5 rings (SSSR count). The van der Waals surface area contributed by atoms with Gasteiger partial charge >= 0.3 is 5.97 Å². The van der Waals surface area contributed by atoms with E-state index in [9.17, 15) is 18.9 Å². The maximum atomic E-state index is 13.5. The first-order valence-electron chi connectivity index (χ1n) is 13.6. The van der Waals surface area contributed by atoms with Crippen LogP contribution in [-0.4, -0.2) is 50.4 Å². The van der Waals surface area contributed by atoms with Crippen LogP contribution < -0.4 is 10.6 Å². The number of nitroso groups, excluding NO2 is 1. The van der Waals surface area contributed by atoms with Gasteiger partial charge in [-0.3, -0.25) is 4.79 Å². The zero-order chi connectivity index (χ0) is 29.6. The second kappa shape index (κ2) is 12.9. The van der Waals surface area contributed by atoms with Crippen molar-refractivity contribution in [3.8, 4) is 11.3 Å². The maximum absolute atomic E-state index is 13.5. The number of rotatable bonds is 14. The summed E-state index contributed by atoms with van der Waals surface area (Å²) < 4.78 is 31.0. The molecule has 0 bridgehead atoms. The standard InChI is InChI=1S/C31H30FN3O7/c1-33-30(36)28-24-15-23(19-3-4-19)25(16-27(24)42-29(28)20-5-7-21(32)8-6-20)34-10-11-40-12-13-41-17-18-2-9-22(31(37)38)26(14-18)35-39/h2,5-9,14-16,19,34H,3-4,10-13,17H2,1H3,(H,33,36)(H,37,38). The van der Waals surface area contributed by atoms with Gasteiger partial charge in [0.1, 0.15) is 22.8 Å². The zero-order valence-electron chi connectivity index (χ0n) is 22.9. The number of amides is 1. The van der Waals surface area contributed by atoms with Crippen molar-refractivity contribution in [2.45, 2.75) is 25.4 Å². The van der Waals surface area contributed by atoms with Crippen LogP contribution in [0.3, 0.4) is 0 Å². The van der Waals surface area contributed by atoms with E-state index in [-0.39, 0.29) is 29.6 Å². The monoisotopic (exact) mass is 575 g/mol. The first-order valence-corrected chi connectivity index (χ1v) is 13.6. The lowest BCUT2D eigenvalue weighted by atomic mass is 10.0. The molecule has 11 heteroatoms. The second-order valence-corrected chi connectivity index (χ2v) is 9.94. The SMILES string of the molecule is CNC(=O)c1c(-c2ccc(F)cc2)oc2cc(NCCOCCOCc3ccc(C(=O)O)c(N=O)c3)c(C3CC3)cc12. The van der Waals surface area contributed by atoms with Crippen LogP contribution in [0.5, 0.6) is 0 Å². The molecule has 1 fully saturated rings. The normalized spacial score (nSPS) is 12.8. The number of hydrogen-bond acceptors (Lipinski definition) is 8. The third-order valence-corrected chi connectivity index (χ3v) is 7.03. The van der Waals surface area contributed by atoms with Gasteiger partial charge in [-0.1, -0.05) is 6.07 Å². The van der Waals surface area contributed by atoms with E-state index < -0.39 is 5.97 Å². The van der Waals surface area contributed by atoms with Gasteiger partial charge in [0.05, 0.1) is 37.6 Å². The first-order chi connectivity index (χ1) is 20.4. The summed E-state index contributed by atoms with van der Waals surface area (Å²) in [6.45, 7) is 1.79. The van der Waals surface area contributed by atoms with E-state index in [2.05, 4.69) is 15.8 Å². The second-order valence-electron chi connectivity index (χ2n) is 9.94. The summed E-state index contributed by atoms with van der Waals surface area (Å²) in [4.78, 5) is 34.9. The van der Waals surface area contributed by atoms with Gasteiger partial charge in [-0.2, -0.15) is 0 Å². The van der Waals surface area contributed by atoms with Gasteiger partial charge in [0.15, 0.2) is 0 Å². The van der Waals surface area contributed by atoms with Crippen molar-refractivity contribution in [3.05, 3.63) is 87.6 Å². The molecule has 0 spiro atoms. The molecular weight excluding hydrogens is 545 g/mol. The van der Waals surface area contributed by atoms with Crippen molar-refractivity contribution < 1.29 is 33.0 Å². The number of aromatic carboxylic acids is 1. The minimum absolute atomic E-state index is 0.138. The average Bonchev–Trinajstić information content (AvgIpc) is 3.78. The third-order valence-electron chi connectivity index (χ3n) is 7.03. The molecule has 3 aromatic carbocycles. The molecule has 1 amide bonds. The van der Waals surface area contributed by atoms with Crippen LogP contribution in [0, 0.1) is 10.7 Å². The predicted molar refractivity (Wildman–Crippen MR) is 155 cm³/mol. The smallest absolute Gasteiger partial charge is 0.338 e. The van der Waals surface area contributed by atoms with Gasteiger partial charge in [0.25, 0.3) is 5.91 Å². The average molecular weight is 576 g/mol. The number of carbonyl (C=O) groups excluding carboxylic acids is 1. The van der Waals surface area contributed by atoms with Gasteiger partial charge < -0.3 is 29.6 Å². The van der Waals surface area contributed by atoms with Gasteiger partial charge in [-0.15, -0.1) is 4.91 Å². The molecule has 0 atom stereocenters. The van der Waals surface area contributed by atoms with Gasteiger partial charge in [-0.25, -0.2) is 9.18 Å². The van der Waals surface area contributed by atoms with Crippen LogP contribution in [0.25, 0.3) is 22.3 Å². The molecule has 42 heavy (non-hydrogen) atoms. The van der Waals surface area contributed by atoms with Crippen LogP contribution in [0.1, 0.15) is 50.6 Å². The van der Waals surface area contributed by atoms with E-state index in [0.717, 1.165) is 24.1 Å². The molecule has 10 nitrogen and oxygen atoms in total. The Kier molecular flexibility index (Phi) is 8.89. The summed E-state index contributed by atoms with van der Waals surface area (Å²) >= 11 is 0. The molecule has 4 aromatic rings. The van der Waals surface area contributed by atoms with E-state index >= 15 is 0 Å². The van der Waals surface area contributed by atoms with E-state index in [1.807, 2.05) is 12.1 Å². The summed E-state index contributed by atoms with van der Waals surface area (Å²) in [5.74, 6) is -1.07. The van der Waals surface area contributed by atoms with Gasteiger partial charge in [0, 0.05) is 36.3 Å². The van der Waals surface area contributed by atoms with Gasteiger partial charge in [-0.05, 0) is 77.5 Å². The number of halogens is 1. The summed E-state index contributed by atoms with van der Waals surface area (Å²) in [7, 11) is 1.57. The molecule has 1 aromatic heterocycles. The number of hydrogen-bond donors (Lipinski definition) is 3. The minimum atomic E-state index is -1.21. The molecule has 1 aliphatic carbocycles. The van der Waals surface area contributed by atoms with Crippen molar-refractivity contribution in [3.63, 3.8) is 0 Å². The van der Waals surface area contributed by atoms with Crippen molar-refractivity contribution in [1.29, 1.82) is 0 Å². The molecule has 218 valence electrons. The third kappa shape index (κ3) is 6.48. The summed E-state index contributed by atoms with van der Waals surface area (Å²) in [5.41, 5.74) is 3.96. The summed E-state index contributed by atoms with van der Waals surface area (Å²) in [5, 5.41) is 18.7. The molecule has 1 heterocycles. The summed E-state index contributed by atoms with van der Waals surface area (Å²) in [6.07, 6.45) is 2.13. The number of benzene rings is 3. The van der Waals surface area contributed by atoms with Gasteiger partial charge in [0.2, 0.25) is 0 Å². The lowest BCUT2D eigenvalue weighted by Gasteiger charge is -2.13. The van der Waals surface area contributed by atoms with E-state index in [1.165, 1.54) is 24.3 Å². The highest BCUT2D eigenvalue weighted by Gasteiger charge is 2.29. The number of carboxylic acids is 1. The molecule has 0 radical (unpaired) electrons. The highest BCUT2D eigenvalue weighted by atomic mass is 19.1. The fraction of sp³-hybridized carbons (Fsp3) is 0.290. The van der Waals surface area contributed by atoms with E-state index in [4.69, 9.17) is 19.0 Å². The Morgan fingerprint density at radius 1 is 1.05 bits per heavy atom. The quantitative estimate of drug-likeness (QED) is 0.119. The Hall–Kier alpha value is -4.61. The number of ether oxygens (including phenoxy) is 2. The number of nitrogens with one attached hydrogen (secondary N) is 2. The van der Waals surface area contributed by atoms with Crippen LogP contribution in [0.15, 0.2) is 64.2 Å². The first kappa shape index (κ1) is 28.9. The van der Waals surface area contributed by atoms with Crippen molar-refractivity contribution in [2.24, 2.45) is 5.18 Å². The molecule has 0 saturated heterocycles. The Balaban J connectivity index is 1.19. The topological polar surface area (TPSA) is 139 Å². The molecule has 0 aliphatic heterocycles. The fourth-order valence-corrected chi connectivity index (χ4v) is 4.79. The van der Waals surface area contributed by atoms with Crippen molar-refractivity contribution in [1.82, 2.24) is 5.32 Å². The number of nitrogens with zero attached hydrogens (tertiary/aromatic N) is 1. The van der Waals surface area contributed by atoms with Crippen molar-refractivity contribution >= 4 is 34.2 Å². The number of anilines is 1. The highest BCUT2D eigenvalue weighted by molar-refractivity contribution is 6.11. The van der Waals surface area contributed by atoms with Crippen LogP contribution >= 0.6 is 0 Å². The predicted octanol–water partition coefficient (Wildman–Crippen LogP) is 6.22. The Morgan fingerprint density at radius 3 is 2.50 bits per heavy atom. The fourth-order valence-electron chi connectivity index (χ4n) is 4.79. The van der Waals surface area contributed by atoms with Crippen LogP contribution in [0.4, 0.5) is 15.8 Å². The number of carbonyl (C=O) groups is 2. The molecule has 3 N–H and O–H groups in total. The Morgan fingerprint density at radius 2 is 1.81 bits per heavy atom. The molecular formula is C31H30FN3O7. The zero-order valence-corrected chi connectivity index (χ0v) is 22.9. The van der Waals surface area contributed by atoms with Crippen LogP contribution in [0.2, 0.25) is 0 Å². The largest absolute Gasteiger partial charge is 0.478 e. The van der Waals surface area contributed by atoms with Crippen molar-refractivity contribution in [2.75, 3.05) is 38.7 Å². The molecule has 0 unspecified atom stereocenters. The summed E-state index contributed by atoms with van der Waals surface area (Å²) in [6, 6.07) is 14.1. The van der Waals surface area contributed by atoms with E-state index in [1.54, 1.807) is 25.2 Å². The van der Waals surface area contributed by atoms with Crippen LogP contribution in [-0.2, 0) is 16.1 Å². The molecule has 1 saturated carbocycles.